The summed E-state index contributed by atoms with van der Waals surface area (Å²) in [5, 5.41) is 4.70. The molecule has 0 amide bonds. The predicted octanol–water partition coefficient (Wildman–Crippen LogP) is 5.66. The van der Waals surface area contributed by atoms with E-state index < -0.39 is 5.92 Å². The molecule has 0 spiro atoms. The molecule has 0 atom stereocenters. The molecule has 0 aliphatic carbocycles. The lowest BCUT2D eigenvalue weighted by molar-refractivity contribution is -0.0555. The molecular formula is C20H39F2N3. The van der Waals surface area contributed by atoms with E-state index in [9.17, 15) is 8.78 Å². The van der Waals surface area contributed by atoms with Crippen molar-refractivity contribution in [2.75, 3.05) is 19.6 Å². The second-order valence-corrected chi connectivity index (χ2v) is 6.37. The second-order valence-electron chi connectivity index (χ2n) is 6.37. The van der Waals surface area contributed by atoms with Gasteiger partial charge in [-0.1, -0.05) is 48.5 Å². The molecule has 1 aliphatic rings. The summed E-state index contributed by atoms with van der Waals surface area (Å²) < 4.78 is 28.4. The van der Waals surface area contributed by atoms with Gasteiger partial charge in [0.05, 0.1) is 12.2 Å². The Labute approximate surface area is 153 Å². The number of alkyl halides is 2. The highest BCUT2D eigenvalue weighted by molar-refractivity contribution is 5.28. The summed E-state index contributed by atoms with van der Waals surface area (Å²) in [5.41, 5.74) is 3.75. The number of aromatic nitrogens is 2. The van der Waals surface area contributed by atoms with Gasteiger partial charge >= 0.3 is 0 Å². The molecule has 148 valence electrons. The Kier molecular flexibility index (Phi) is 11.2. The third kappa shape index (κ3) is 7.04. The molecule has 1 aromatic rings. The van der Waals surface area contributed by atoms with Crippen LogP contribution in [0.2, 0.25) is 0 Å². The molecule has 25 heavy (non-hydrogen) atoms. The maximum atomic E-state index is 13.2. The highest BCUT2D eigenvalue weighted by atomic mass is 19.3. The minimum Gasteiger partial charge on any atom is -0.301 e. The van der Waals surface area contributed by atoms with Crippen molar-refractivity contribution in [1.82, 2.24) is 14.7 Å². The average molecular weight is 360 g/mol. The van der Waals surface area contributed by atoms with Gasteiger partial charge in [-0.15, -0.1) is 0 Å². The Balaban J connectivity index is 0.00000134. The molecule has 5 heteroatoms. The lowest BCUT2D eigenvalue weighted by atomic mass is 10.00. The first-order valence-electron chi connectivity index (χ1n) is 10.0. The number of piperidine rings is 1. The van der Waals surface area contributed by atoms with Crippen LogP contribution in [0.3, 0.4) is 0 Å². The number of likely N-dealkylation sites (tertiary alicyclic amines) is 1. The lowest BCUT2D eigenvalue weighted by Gasteiger charge is -2.31. The summed E-state index contributed by atoms with van der Waals surface area (Å²) >= 11 is 0. The third-order valence-electron chi connectivity index (χ3n) is 4.46. The number of rotatable bonds is 5. The minimum atomic E-state index is -2.46. The SMILES string of the molecule is CC.CC.CCc1nn(CCN2CCC(F)(F)CC2)c(C)c1C(C)C. The number of aryl methyl sites for hydroxylation is 1. The molecule has 1 saturated heterocycles. The predicted molar refractivity (Wildman–Crippen MR) is 104 cm³/mol. The summed E-state index contributed by atoms with van der Waals surface area (Å²) in [5.74, 6) is -1.99. The van der Waals surface area contributed by atoms with Crippen LogP contribution in [0.15, 0.2) is 0 Å². The first-order valence-corrected chi connectivity index (χ1v) is 10.0. The number of hydrogen-bond acceptors (Lipinski definition) is 2. The summed E-state index contributed by atoms with van der Waals surface area (Å²) in [6, 6.07) is 0. The van der Waals surface area contributed by atoms with Gasteiger partial charge in [-0.05, 0) is 24.8 Å². The van der Waals surface area contributed by atoms with Crippen LogP contribution in [0, 0.1) is 6.92 Å². The molecule has 0 aromatic carbocycles. The molecule has 0 N–H and O–H groups in total. The van der Waals surface area contributed by atoms with E-state index in [0.717, 1.165) is 19.5 Å². The molecule has 0 saturated carbocycles. The van der Waals surface area contributed by atoms with Crippen LogP contribution >= 0.6 is 0 Å². The Bertz CT molecular complexity index is 472. The van der Waals surface area contributed by atoms with E-state index in [1.807, 2.05) is 27.7 Å². The molecular weight excluding hydrogens is 320 g/mol. The van der Waals surface area contributed by atoms with E-state index in [1.165, 1.54) is 17.0 Å². The van der Waals surface area contributed by atoms with E-state index in [4.69, 9.17) is 5.10 Å². The van der Waals surface area contributed by atoms with Gasteiger partial charge in [-0.2, -0.15) is 5.10 Å². The molecule has 0 radical (unpaired) electrons. The third-order valence-corrected chi connectivity index (χ3v) is 4.46. The van der Waals surface area contributed by atoms with Crippen molar-refractivity contribution in [3.63, 3.8) is 0 Å². The minimum absolute atomic E-state index is 0.0114. The fourth-order valence-corrected chi connectivity index (χ4v) is 3.19. The van der Waals surface area contributed by atoms with Crippen molar-refractivity contribution in [2.24, 2.45) is 0 Å². The molecule has 2 heterocycles. The van der Waals surface area contributed by atoms with Crippen LogP contribution in [0.4, 0.5) is 8.78 Å². The van der Waals surface area contributed by atoms with Crippen LogP contribution in [0.1, 0.15) is 84.2 Å². The first-order chi connectivity index (χ1) is 11.8. The average Bonchev–Trinajstić information content (AvgIpc) is 2.93. The van der Waals surface area contributed by atoms with Gasteiger partial charge in [0.1, 0.15) is 0 Å². The van der Waals surface area contributed by atoms with Crippen molar-refractivity contribution in [3.05, 3.63) is 17.0 Å². The zero-order chi connectivity index (χ0) is 19.6. The molecule has 2 rings (SSSR count). The van der Waals surface area contributed by atoms with Crippen molar-refractivity contribution in [3.8, 4) is 0 Å². The summed E-state index contributed by atoms with van der Waals surface area (Å²) in [4.78, 5) is 2.12. The van der Waals surface area contributed by atoms with Crippen molar-refractivity contribution >= 4 is 0 Å². The lowest BCUT2D eigenvalue weighted by Crippen LogP contribution is -2.40. The quantitative estimate of drug-likeness (QED) is 0.676. The highest BCUT2D eigenvalue weighted by Gasteiger charge is 2.33. The van der Waals surface area contributed by atoms with Crippen LogP contribution in [0.5, 0.6) is 0 Å². The standard InChI is InChI=1S/C16H27F2N3.2C2H6/c1-5-14-15(12(2)3)13(4)21(19-14)11-10-20-8-6-16(17,18)7-9-20;2*1-2/h12H,5-11H2,1-4H3;2*1-2H3. The highest BCUT2D eigenvalue weighted by Crippen LogP contribution is 2.28. The molecule has 0 unspecified atom stereocenters. The van der Waals surface area contributed by atoms with Gasteiger partial charge in [0.25, 0.3) is 5.92 Å². The Hall–Kier alpha value is -0.970. The van der Waals surface area contributed by atoms with E-state index in [-0.39, 0.29) is 12.8 Å². The van der Waals surface area contributed by atoms with Gasteiger partial charge in [-0.3, -0.25) is 4.68 Å². The molecule has 3 nitrogen and oxygen atoms in total. The normalized spacial score (nSPS) is 16.8. The zero-order valence-corrected chi connectivity index (χ0v) is 17.6. The van der Waals surface area contributed by atoms with Gasteiger partial charge in [0.15, 0.2) is 0 Å². The molecule has 1 fully saturated rings. The van der Waals surface area contributed by atoms with Crippen molar-refractivity contribution in [1.29, 1.82) is 0 Å². The summed E-state index contributed by atoms with van der Waals surface area (Å²) in [6.07, 6.45) is 0.919. The Morgan fingerprint density at radius 1 is 1.04 bits per heavy atom. The fourth-order valence-electron chi connectivity index (χ4n) is 3.19. The second kappa shape index (κ2) is 11.6. The van der Waals surface area contributed by atoms with E-state index in [0.29, 0.717) is 19.0 Å². The van der Waals surface area contributed by atoms with E-state index in [1.54, 1.807) is 0 Å². The van der Waals surface area contributed by atoms with Crippen molar-refractivity contribution < 1.29 is 8.78 Å². The Morgan fingerprint density at radius 2 is 1.56 bits per heavy atom. The monoisotopic (exact) mass is 359 g/mol. The van der Waals surface area contributed by atoms with Gasteiger partial charge < -0.3 is 4.90 Å². The smallest absolute Gasteiger partial charge is 0.250 e. The molecule has 1 aromatic heterocycles. The Morgan fingerprint density at radius 3 is 1.96 bits per heavy atom. The largest absolute Gasteiger partial charge is 0.301 e. The molecule has 0 bridgehead atoms. The molecule has 1 aliphatic heterocycles. The summed E-state index contributed by atoms with van der Waals surface area (Å²) in [6.45, 7) is 19.2. The van der Waals surface area contributed by atoms with Crippen molar-refractivity contribution in [2.45, 2.75) is 93.0 Å². The van der Waals surface area contributed by atoms with E-state index >= 15 is 0 Å². The maximum Gasteiger partial charge on any atom is 0.250 e. The zero-order valence-electron chi connectivity index (χ0n) is 17.6. The van der Waals surface area contributed by atoms with Crippen LogP contribution in [-0.4, -0.2) is 40.2 Å². The van der Waals surface area contributed by atoms with Crippen LogP contribution in [-0.2, 0) is 13.0 Å². The first kappa shape index (κ1) is 24.0. The van der Waals surface area contributed by atoms with E-state index in [2.05, 4.69) is 37.3 Å². The maximum absolute atomic E-state index is 13.2. The van der Waals surface area contributed by atoms with Gasteiger partial charge in [-0.25, -0.2) is 8.78 Å². The van der Waals surface area contributed by atoms with Crippen LogP contribution in [0.25, 0.3) is 0 Å². The van der Waals surface area contributed by atoms with Crippen LogP contribution < -0.4 is 0 Å². The number of hydrogen-bond donors (Lipinski definition) is 0. The topological polar surface area (TPSA) is 21.1 Å². The number of halogens is 2. The van der Waals surface area contributed by atoms with Gasteiger partial charge in [0.2, 0.25) is 0 Å². The van der Waals surface area contributed by atoms with Gasteiger partial charge in [0, 0.05) is 38.2 Å². The summed E-state index contributed by atoms with van der Waals surface area (Å²) in [7, 11) is 0. The fraction of sp³-hybridized carbons (Fsp3) is 0.850. The number of nitrogens with zero attached hydrogens (tertiary/aromatic N) is 3.